The van der Waals surface area contributed by atoms with Gasteiger partial charge in [-0.15, -0.1) is 0 Å². The van der Waals surface area contributed by atoms with E-state index in [2.05, 4.69) is 27.2 Å². The Morgan fingerprint density at radius 3 is 3.26 bits per heavy atom. The van der Waals surface area contributed by atoms with Gasteiger partial charge in [-0.1, -0.05) is 11.6 Å². The van der Waals surface area contributed by atoms with Gasteiger partial charge in [0.15, 0.2) is 0 Å². The van der Waals surface area contributed by atoms with Crippen molar-refractivity contribution in [3.63, 3.8) is 0 Å². The van der Waals surface area contributed by atoms with Crippen LogP contribution in [0.4, 0.5) is 10.1 Å². The lowest BCUT2D eigenvalue weighted by Gasteiger charge is -2.07. The second kappa shape index (κ2) is 3.64. The summed E-state index contributed by atoms with van der Waals surface area (Å²) >= 11 is 0. The number of hydrogen-bond acceptors (Lipinski definition) is 4. The van der Waals surface area contributed by atoms with Crippen molar-refractivity contribution in [2.24, 2.45) is 5.92 Å². The van der Waals surface area contributed by atoms with Gasteiger partial charge in [-0.3, -0.25) is 4.79 Å². The molecule has 0 saturated heterocycles. The van der Waals surface area contributed by atoms with E-state index in [-0.39, 0.29) is 17.6 Å². The Morgan fingerprint density at radius 2 is 2.42 bits per heavy atom. The minimum atomic E-state index is -0.684. The molecule has 1 fully saturated rings. The van der Waals surface area contributed by atoms with E-state index in [0.29, 0.717) is 11.6 Å². The summed E-state index contributed by atoms with van der Waals surface area (Å²) in [7, 11) is 0. The van der Waals surface area contributed by atoms with Gasteiger partial charge in [-0.05, 0) is 18.6 Å². The van der Waals surface area contributed by atoms with Gasteiger partial charge >= 0.3 is 0 Å². The maximum Gasteiger partial charge on any atom is 0.273 e. The fourth-order valence-electron chi connectivity index (χ4n) is 2.68. The highest BCUT2D eigenvalue weighted by Crippen LogP contribution is 2.50. The van der Waals surface area contributed by atoms with E-state index in [9.17, 15) is 9.18 Å². The Hall–Kier alpha value is -2.21. The lowest BCUT2D eigenvalue weighted by Crippen LogP contribution is -2.35. The minimum absolute atomic E-state index is 0.0849. The molecule has 6 heteroatoms. The molecule has 0 aromatic carbocycles. The number of pyridine rings is 1. The molecule has 96 valence electrons. The summed E-state index contributed by atoms with van der Waals surface area (Å²) in [4.78, 5) is 15.6. The molecule has 1 aromatic rings. The third kappa shape index (κ3) is 1.57. The third-order valence-corrected chi connectivity index (χ3v) is 3.73. The van der Waals surface area contributed by atoms with Gasteiger partial charge in [0.1, 0.15) is 5.70 Å². The Bertz CT molecular complexity index is 652. The molecule has 2 unspecified atom stereocenters. The van der Waals surface area contributed by atoms with Crippen LogP contribution in [-0.2, 0) is 4.79 Å². The first kappa shape index (κ1) is 10.7. The first-order chi connectivity index (χ1) is 9.24. The van der Waals surface area contributed by atoms with E-state index in [1.807, 2.05) is 0 Å². The molecular weight excluding hydrogens is 247 g/mol. The highest BCUT2D eigenvalue weighted by Gasteiger charge is 2.48. The smallest absolute Gasteiger partial charge is 0.273 e. The fourth-order valence-corrected chi connectivity index (χ4v) is 2.68. The molecule has 1 aromatic heterocycles. The second-order valence-electron chi connectivity index (χ2n) is 4.90. The quantitative estimate of drug-likeness (QED) is 0.688. The number of carbonyl (C=O) groups is 1. The summed E-state index contributed by atoms with van der Waals surface area (Å²) < 4.78 is 13.4. The SMILES string of the molecule is O=C(Nc1cccnc1F)C1=C2C=C3CC3C2NN1. The second-order valence-corrected chi connectivity index (χ2v) is 4.90. The predicted molar refractivity (Wildman–Crippen MR) is 66.1 cm³/mol. The molecule has 0 radical (unpaired) electrons. The molecule has 2 aliphatic carbocycles. The molecule has 3 aliphatic rings. The van der Waals surface area contributed by atoms with Gasteiger partial charge in [0.25, 0.3) is 5.91 Å². The number of rotatable bonds is 2. The van der Waals surface area contributed by atoms with Crippen molar-refractivity contribution >= 4 is 11.6 Å². The summed E-state index contributed by atoms with van der Waals surface area (Å²) in [5.41, 5.74) is 8.88. The summed E-state index contributed by atoms with van der Waals surface area (Å²) in [5.74, 6) is -0.505. The molecule has 1 saturated carbocycles. The van der Waals surface area contributed by atoms with Crippen LogP contribution in [0.3, 0.4) is 0 Å². The summed E-state index contributed by atoms with van der Waals surface area (Å²) in [5, 5.41) is 2.53. The fraction of sp³-hybridized carbons (Fsp3) is 0.231. The Kier molecular flexibility index (Phi) is 2.05. The normalized spacial score (nSPS) is 26.5. The van der Waals surface area contributed by atoms with Gasteiger partial charge in [0.05, 0.1) is 11.7 Å². The Labute approximate surface area is 108 Å². The highest BCUT2D eigenvalue weighted by molar-refractivity contribution is 6.04. The molecular formula is C13H11FN4O. The lowest BCUT2D eigenvalue weighted by atomic mass is 10.1. The zero-order chi connectivity index (χ0) is 13.0. The minimum Gasteiger partial charge on any atom is -0.317 e. The van der Waals surface area contributed by atoms with E-state index in [4.69, 9.17) is 0 Å². The van der Waals surface area contributed by atoms with E-state index in [0.717, 1.165) is 12.0 Å². The molecule has 2 heterocycles. The van der Waals surface area contributed by atoms with Crippen LogP contribution in [0.25, 0.3) is 0 Å². The van der Waals surface area contributed by atoms with E-state index >= 15 is 0 Å². The Balaban J connectivity index is 1.61. The van der Waals surface area contributed by atoms with Crippen LogP contribution < -0.4 is 16.2 Å². The van der Waals surface area contributed by atoms with Crippen LogP contribution in [0.15, 0.2) is 41.2 Å². The van der Waals surface area contributed by atoms with Gasteiger partial charge in [0, 0.05) is 17.7 Å². The summed E-state index contributed by atoms with van der Waals surface area (Å²) in [6, 6.07) is 3.25. The number of halogens is 1. The molecule has 1 aliphatic heterocycles. The van der Waals surface area contributed by atoms with Crippen LogP contribution >= 0.6 is 0 Å². The van der Waals surface area contributed by atoms with Gasteiger partial charge < -0.3 is 10.7 Å². The number of amides is 1. The topological polar surface area (TPSA) is 66.0 Å². The van der Waals surface area contributed by atoms with Crippen LogP contribution in [-0.4, -0.2) is 16.9 Å². The first-order valence-corrected chi connectivity index (χ1v) is 6.12. The van der Waals surface area contributed by atoms with Crippen LogP contribution in [0, 0.1) is 11.9 Å². The number of hydrazine groups is 1. The molecule has 1 amide bonds. The third-order valence-electron chi connectivity index (χ3n) is 3.73. The average molecular weight is 258 g/mol. The molecule has 3 N–H and O–H groups in total. The summed E-state index contributed by atoms with van der Waals surface area (Å²) in [6.07, 6.45) is 4.50. The number of carbonyl (C=O) groups excluding carboxylic acids is 1. The van der Waals surface area contributed by atoms with Crippen molar-refractivity contribution in [3.05, 3.63) is 47.2 Å². The number of nitrogens with one attached hydrogen (secondary N) is 3. The number of nitrogens with zero attached hydrogens (tertiary/aromatic N) is 1. The maximum atomic E-state index is 13.4. The van der Waals surface area contributed by atoms with Crippen molar-refractivity contribution in [3.8, 4) is 0 Å². The largest absolute Gasteiger partial charge is 0.317 e. The number of hydrogen-bond donors (Lipinski definition) is 3. The van der Waals surface area contributed by atoms with Gasteiger partial charge in [-0.25, -0.2) is 10.4 Å². The summed E-state index contributed by atoms with van der Waals surface area (Å²) in [6.45, 7) is 0. The van der Waals surface area contributed by atoms with Crippen molar-refractivity contribution in [2.45, 2.75) is 12.5 Å². The molecule has 4 rings (SSSR count). The molecule has 2 atom stereocenters. The molecule has 0 bridgehead atoms. The predicted octanol–water partition coefficient (Wildman–Crippen LogP) is 0.850. The number of anilines is 1. The van der Waals surface area contributed by atoms with Crippen molar-refractivity contribution in [1.82, 2.24) is 15.8 Å². The molecule has 0 spiro atoms. The monoisotopic (exact) mass is 258 g/mol. The number of fused-ring (bicyclic) bond motifs is 3. The van der Waals surface area contributed by atoms with Gasteiger partial charge in [-0.2, -0.15) is 4.39 Å². The molecule has 19 heavy (non-hydrogen) atoms. The van der Waals surface area contributed by atoms with Crippen molar-refractivity contribution in [1.29, 1.82) is 0 Å². The van der Waals surface area contributed by atoms with E-state index < -0.39 is 5.95 Å². The average Bonchev–Trinajstić information content (AvgIpc) is 2.89. The van der Waals surface area contributed by atoms with Gasteiger partial charge in [0.2, 0.25) is 5.95 Å². The zero-order valence-electron chi connectivity index (χ0n) is 9.90. The first-order valence-electron chi connectivity index (χ1n) is 6.12. The highest BCUT2D eigenvalue weighted by atomic mass is 19.1. The maximum absolute atomic E-state index is 13.4. The zero-order valence-corrected chi connectivity index (χ0v) is 9.90. The number of aromatic nitrogens is 1. The molecule has 5 nitrogen and oxygen atoms in total. The van der Waals surface area contributed by atoms with Crippen molar-refractivity contribution in [2.75, 3.05) is 5.32 Å². The lowest BCUT2D eigenvalue weighted by molar-refractivity contribution is -0.113. The van der Waals surface area contributed by atoms with Crippen LogP contribution in [0.2, 0.25) is 0 Å². The van der Waals surface area contributed by atoms with Crippen molar-refractivity contribution < 1.29 is 9.18 Å². The van der Waals surface area contributed by atoms with E-state index in [1.165, 1.54) is 17.8 Å². The van der Waals surface area contributed by atoms with Crippen LogP contribution in [0.1, 0.15) is 6.42 Å². The van der Waals surface area contributed by atoms with E-state index in [1.54, 1.807) is 6.07 Å². The standard InChI is InChI=1S/C13H11FN4O/c14-12-9(2-1-3-15-12)16-13(19)11-8-5-6-4-7(6)10(8)17-18-11/h1-3,5,7,10,17-18H,4H2,(H,16,19). The van der Waals surface area contributed by atoms with Crippen LogP contribution in [0.5, 0.6) is 0 Å². The Morgan fingerprint density at radius 1 is 1.53 bits per heavy atom.